The maximum absolute atomic E-state index is 10.3. The third-order valence-corrected chi connectivity index (χ3v) is 1.08. The summed E-state index contributed by atoms with van der Waals surface area (Å²) in [6.07, 6.45) is 3.93. The first-order valence-electron chi connectivity index (χ1n) is 3.37. The first-order valence-corrected chi connectivity index (χ1v) is 3.37. The molecule has 0 aliphatic carbocycles. The van der Waals surface area contributed by atoms with Crippen LogP contribution in [0.15, 0.2) is 0 Å². The summed E-state index contributed by atoms with van der Waals surface area (Å²) < 4.78 is 0. The Kier molecular flexibility index (Phi) is 5.72. The lowest BCUT2D eigenvalue weighted by molar-refractivity contribution is -0.118. The summed E-state index contributed by atoms with van der Waals surface area (Å²) in [6.45, 7) is 2.14. The molecule has 0 spiro atoms. The number of nitrogens with one attached hydrogen (secondary N) is 1. The Labute approximate surface area is 60.8 Å². The third kappa shape index (κ3) is 7.14. The van der Waals surface area contributed by atoms with Gasteiger partial charge in [0, 0.05) is 19.9 Å². The molecule has 0 fully saturated rings. The van der Waals surface area contributed by atoms with Gasteiger partial charge in [-0.3, -0.25) is 9.59 Å². The molecule has 0 aliphatic heterocycles. The molecule has 0 heterocycles. The zero-order valence-corrected chi connectivity index (χ0v) is 6.14. The molecule has 57 valence electrons. The maximum atomic E-state index is 10.3. The Hall–Kier alpha value is -0.860. The normalized spacial score (nSPS) is 8.90. The minimum Gasteiger partial charge on any atom is -0.356 e. The summed E-state index contributed by atoms with van der Waals surface area (Å²) in [5.41, 5.74) is 0. The van der Waals surface area contributed by atoms with E-state index in [1.54, 1.807) is 6.29 Å². The molecule has 3 nitrogen and oxygen atoms in total. The maximum Gasteiger partial charge on any atom is 0.216 e. The minimum absolute atomic E-state index is 0.0184. The van der Waals surface area contributed by atoms with Crippen molar-refractivity contribution in [1.29, 1.82) is 0 Å². The first-order chi connectivity index (χ1) is 4.77. The van der Waals surface area contributed by atoms with E-state index in [1.165, 1.54) is 6.92 Å². The summed E-state index contributed by atoms with van der Waals surface area (Å²) >= 11 is 0. The molecule has 0 saturated heterocycles. The second-order valence-electron chi connectivity index (χ2n) is 2.08. The predicted octanol–water partition coefficient (Wildman–Crippen LogP) is 0.402. The zero-order chi connectivity index (χ0) is 7.82. The summed E-state index contributed by atoms with van der Waals surface area (Å²) in [5.74, 6) is -0.0184. The van der Waals surface area contributed by atoms with Gasteiger partial charge in [-0.15, -0.1) is 0 Å². The van der Waals surface area contributed by atoms with Crippen molar-refractivity contribution in [1.82, 2.24) is 5.32 Å². The number of unbranched alkanes of at least 4 members (excludes halogenated alkanes) is 2. The predicted molar refractivity (Wildman–Crippen MR) is 38.2 cm³/mol. The molecular formula is C7H12NO2. The quantitative estimate of drug-likeness (QED) is 0.565. The number of carbonyl (C=O) groups is 1. The average molecular weight is 142 g/mol. The van der Waals surface area contributed by atoms with Gasteiger partial charge in [0.1, 0.15) is 0 Å². The molecule has 0 aliphatic rings. The lowest BCUT2D eigenvalue weighted by atomic mass is 10.2. The van der Waals surface area contributed by atoms with Crippen LogP contribution >= 0.6 is 0 Å². The smallest absolute Gasteiger partial charge is 0.216 e. The van der Waals surface area contributed by atoms with Gasteiger partial charge in [-0.2, -0.15) is 0 Å². The highest BCUT2D eigenvalue weighted by Crippen LogP contribution is 1.89. The molecule has 0 saturated carbocycles. The van der Waals surface area contributed by atoms with Crippen LogP contribution in [0, 0.1) is 0 Å². The molecule has 10 heavy (non-hydrogen) atoms. The van der Waals surface area contributed by atoms with Crippen molar-refractivity contribution in [3.8, 4) is 0 Å². The molecule has 1 amide bonds. The van der Waals surface area contributed by atoms with Crippen molar-refractivity contribution in [2.24, 2.45) is 0 Å². The second-order valence-corrected chi connectivity index (χ2v) is 2.08. The highest BCUT2D eigenvalue weighted by Gasteiger charge is 1.89. The van der Waals surface area contributed by atoms with Crippen molar-refractivity contribution in [2.45, 2.75) is 26.2 Å². The molecule has 0 aromatic carbocycles. The molecular weight excluding hydrogens is 130 g/mol. The van der Waals surface area contributed by atoms with Gasteiger partial charge in [0.15, 0.2) is 6.29 Å². The van der Waals surface area contributed by atoms with Crippen molar-refractivity contribution in [3.05, 3.63) is 0 Å². The molecule has 0 aromatic heterocycles. The van der Waals surface area contributed by atoms with Gasteiger partial charge in [0.05, 0.1) is 0 Å². The van der Waals surface area contributed by atoms with Crippen LogP contribution in [-0.2, 0) is 9.59 Å². The molecule has 1 N–H and O–H groups in total. The van der Waals surface area contributed by atoms with Gasteiger partial charge in [-0.25, -0.2) is 0 Å². The van der Waals surface area contributed by atoms with Gasteiger partial charge in [-0.05, 0) is 12.8 Å². The van der Waals surface area contributed by atoms with Crippen LogP contribution in [0.1, 0.15) is 26.2 Å². The number of amides is 1. The van der Waals surface area contributed by atoms with E-state index in [0.29, 0.717) is 13.0 Å². The second kappa shape index (κ2) is 6.26. The fourth-order valence-electron chi connectivity index (χ4n) is 0.587. The molecule has 0 aromatic rings. The molecule has 0 atom stereocenters. The van der Waals surface area contributed by atoms with Crippen LogP contribution in [0.5, 0.6) is 0 Å². The number of hydrogen-bond acceptors (Lipinski definition) is 2. The van der Waals surface area contributed by atoms with Crippen molar-refractivity contribution >= 4 is 12.2 Å². The van der Waals surface area contributed by atoms with Gasteiger partial charge >= 0.3 is 0 Å². The van der Waals surface area contributed by atoms with Crippen LogP contribution in [-0.4, -0.2) is 18.7 Å². The Balaban J connectivity index is 2.90. The van der Waals surface area contributed by atoms with Gasteiger partial charge in [0.2, 0.25) is 5.91 Å². The number of hydrogen-bond donors (Lipinski definition) is 1. The largest absolute Gasteiger partial charge is 0.356 e. The highest BCUT2D eigenvalue weighted by atomic mass is 16.1. The zero-order valence-electron chi connectivity index (χ0n) is 6.14. The van der Waals surface area contributed by atoms with E-state index in [1.807, 2.05) is 0 Å². The highest BCUT2D eigenvalue weighted by molar-refractivity contribution is 5.72. The Bertz CT molecular complexity index is 112. The SMILES string of the molecule is CC(=O)NCCCC[C]=O. The molecule has 1 radical (unpaired) electrons. The lowest BCUT2D eigenvalue weighted by Crippen LogP contribution is -2.20. The average Bonchev–Trinajstić information content (AvgIpc) is 1.87. The van der Waals surface area contributed by atoms with Gasteiger partial charge < -0.3 is 5.32 Å². The van der Waals surface area contributed by atoms with Crippen molar-refractivity contribution in [3.63, 3.8) is 0 Å². The number of carbonyl (C=O) groups excluding carboxylic acids is 2. The Morgan fingerprint density at radius 2 is 2.20 bits per heavy atom. The summed E-state index contributed by atoms with van der Waals surface area (Å²) in [7, 11) is 0. The fourth-order valence-corrected chi connectivity index (χ4v) is 0.587. The lowest BCUT2D eigenvalue weighted by Gasteiger charge is -1.97. The van der Waals surface area contributed by atoms with E-state index in [2.05, 4.69) is 5.32 Å². The van der Waals surface area contributed by atoms with E-state index in [0.717, 1.165) is 12.8 Å². The fraction of sp³-hybridized carbons (Fsp3) is 0.714. The van der Waals surface area contributed by atoms with Crippen molar-refractivity contribution < 1.29 is 9.59 Å². The standard InChI is InChI=1S/C7H12NO2/c1-7(10)8-5-3-2-4-6-9/h2-5H2,1H3,(H,8,10). The van der Waals surface area contributed by atoms with Gasteiger partial charge in [-0.1, -0.05) is 0 Å². The van der Waals surface area contributed by atoms with Crippen LogP contribution in [0.3, 0.4) is 0 Å². The third-order valence-electron chi connectivity index (χ3n) is 1.08. The summed E-state index contributed by atoms with van der Waals surface area (Å²) in [4.78, 5) is 20.0. The van der Waals surface area contributed by atoms with E-state index in [-0.39, 0.29) is 5.91 Å². The van der Waals surface area contributed by atoms with Crippen LogP contribution in [0.25, 0.3) is 0 Å². The molecule has 0 rings (SSSR count). The summed E-state index contributed by atoms with van der Waals surface area (Å²) in [5, 5.41) is 2.64. The summed E-state index contributed by atoms with van der Waals surface area (Å²) in [6, 6.07) is 0. The van der Waals surface area contributed by atoms with E-state index >= 15 is 0 Å². The topological polar surface area (TPSA) is 46.2 Å². The van der Waals surface area contributed by atoms with Crippen LogP contribution in [0.2, 0.25) is 0 Å². The van der Waals surface area contributed by atoms with E-state index in [4.69, 9.17) is 0 Å². The van der Waals surface area contributed by atoms with E-state index < -0.39 is 0 Å². The monoisotopic (exact) mass is 142 g/mol. The van der Waals surface area contributed by atoms with E-state index in [9.17, 15) is 9.59 Å². The van der Waals surface area contributed by atoms with Crippen molar-refractivity contribution in [2.75, 3.05) is 6.54 Å². The first kappa shape index (κ1) is 9.14. The molecule has 0 bridgehead atoms. The molecule has 3 heteroatoms. The van der Waals surface area contributed by atoms with Crippen LogP contribution in [0.4, 0.5) is 0 Å². The minimum atomic E-state index is -0.0184. The van der Waals surface area contributed by atoms with Crippen LogP contribution < -0.4 is 5.32 Å². The molecule has 0 unspecified atom stereocenters. The number of rotatable bonds is 5. The Morgan fingerprint density at radius 3 is 2.70 bits per heavy atom. The Morgan fingerprint density at radius 1 is 1.50 bits per heavy atom. The van der Waals surface area contributed by atoms with Gasteiger partial charge in [0.25, 0.3) is 0 Å².